The number of aliphatic hydroxyl groups excluding tert-OH is 1. The highest BCUT2D eigenvalue weighted by atomic mass is 16.5. The van der Waals surface area contributed by atoms with Crippen molar-refractivity contribution in [2.45, 2.75) is 76.5 Å². The maximum Gasteiger partial charge on any atom is 0.258 e. The van der Waals surface area contributed by atoms with Crippen LogP contribution in [0.3, 0.4) is 0 Å². The Morgan fingerprint density at radius 2 is 1.70 bits per heavy atom. The lowest BCUT2D eigenvalue weighted by Gasteiger charge is -2.57. The lowest BCUT2D eigenvalue weighted by atomic mass is 9.71. The summed E-state index contributed by atoms with van der Waals surface area (Å²) in [5.74, 6) is 0.938. The highest BCUT2D eigenvalue weighted by molar-refractivity contribution is 6.05. The average Bonchev–Trinajstić information content (AvgIpc) is 3.48. The van der Waals surface area contributed by atoms with E-state index in [1.54, 1.807) is 37.7 Å². The molecule has 50 heavy (non-hydrogen) atoms. The molecule has 1 saturated carbocycles. The standard InChI is InChI=1S/C39H50N8O3/c1-26-20-27(21-34(41-26)32-23-40-15-10-36(32)50-3)37(49)43-38-42-33-9-6-30(22-35(33)47(38)29-4-7-31(48)8-5-29)45-16-11-28(12-17-45)46-24-39(25-46)13-18-44(2)19-14-39/h6,9-10,15,20-23,28-29,31,48H,4-5,7-8,11-14,16-19,24-25H2,1-3H3,(H,42,43,49)/t29-,31+. The molecule has 4 aliphatic rings. The maximum atomic E-state index is 13.9. The summed E-state index contributed by atoms with van der Waals surface area (Å²) in [6, 6.07) is 12.7. The van der Waals surface area contributed by atoms with Gasteiger partial charge in [0.15, 0.2) is 0 Å². The monoisotopic (exact) mass is 678 g/mol. The van der Waals surface area contributed by atoms with Crippen LogP contribution in [-0.2, 0) is 0 Å². The van der Waals surface area contributed by atoms with Crippen molar-refractivity contribution >= 4 is 28.6 Å². The van der Waals surface area contributed by atoms with E-state index >= 15 is 0 Å². The summed E-state index contributed by atoms with van der Waals surface area (Å²) < 4.78 is 7.76. The molecule has 11 heteroatoms. The van der Waals surface area contributed by atoms with Gasteiger partial charge in [0.05, 0.1) is 35.5 Å². The smallest absolute Gasteiger partial charge is 0.258 e. The molecule has 8 rings (SSSR count). The van der Waals surface area contributed by atoms with Gasteiger partial charge in [-0.2, -0.15) is 0 Å². The number of amides is 1. The Bertz CT molecular complexity index is 1840. The van der Waals surface area contributed by atoms with E-state index in [0.717, 1.165) is 61.1 Å². The van der Waals surface area contributed by atoms with Crippen molar-refractivity contribution in [3.8, 4) is 17.0 Å². The second kappa shape index (κ2) is 13.6. The number of nitrogens with one attached hydrogen (secondary N) is 1. The van der Waals surface area contributed by atoms with Gasteiger partial charge in [0, 0.05) is 67.6 Å². The first-order valence-corrected chi connectivity index (χ1v) is 18.4. The Kier molecular flexibility index (Phi) is 8.99. The summed E-state index contributed by atoms with van der Waals surface area (Å²) in [5, 5.41) is 13.5. The molecule has 0 atom stereocenters. The molecular formula is C39H50N8O3. The first-order valence-electron chi connectivity index (χ1n) is 18.4. The third-order valence-electron chi connectivity index (χ3n) is 11.9. The molecule has 0 bridgehead atoms. The number of imidazole rings is 1. The van der Waals surface area contributed by atoms with E-state index in [1.807, 2.05) is 6.92 Å². The second-order valence-electron chi connectivity index (χ2n) is 15.3. The number of carbonyl (C=O) groups excluding carboxylic acids is 1. The van der Waals surface area contributed by atoms with E-state index in [1.165, 1.54) is 57.5 Å². The zero-order chi connectivity index (χ0) is 34.4. The van der Waals surface area contributed by atoms with Gasteiger partial charge >= 0.3 is 0 Å². The summed E-state index contributed by atoms with van der Waals surface area (Å²) in [7, 11) is 3.86. The number of benzene rings is 1. The molecule has 1 spiro atoms. The molecule has 1 aromatic carbocycles. The predicted molar refractivity (Wildman–Crippen MR) is 196 cm³/mol. The van der Waals surface area contributed by atoms with Gasteiger partial charge in [-0.15, -0.1) is 0 Å². The SMILES string of the molecule is COc1ccncc1-c1cc(C(=O)Nc2nc3ccc(N4CCC(N5CC6(CCN(C)CC6)C5)CC4)cc3n2[C@H]2CC[C@@H](O)CC2)cc(C)n1. The molecule has 4 aromatic rings. The number of ether oxygens (including phenoxy) is 1. The van der Waals surface area contributed by atoms with Crippen molar-refractivity contribution in [3.05, 3.63) is 60.0 Å². The minimum atomic E-state index is -0.278. The lowest BCUT2D eigenvalue weighted by Crippen LogP contribution is -2.63. The van der Waals surface area contributed by atoms with Gasteiger partial charge in [-0.1, -0.05) is 0 Å². The third-order valence-corrected chi connectivity index (χ3v) is 11.9. The largest absolute Gasteiger partial charge is 0.496 e. The van der Waals surface area contributed by atoms with E-state index in [-0.39, 0.29) is 18.1 Å². The minimum Gasteiger partial charge on any atom is -0.496 e. The number of carbonyl (C=O) groups is 1. The van der Waals surface area contributed by atoms with Crippen LogP contribution in [-0.4, -0.2) is 106 Å². The number of hydrogen-bond donors (Lipinski definition) is 2. The lowest BCUT2D eigenvalue weighted by molar-refractivity contribution is -0.0704. The third kappa shape index (κ3) is 6.47. The van der Waals surface area contributed by atoms with Crippen molar-refractivity contribution in [3.63, 3.8) is 0 Å². The Hall–Kier alpha value is -4.06. The molecule has 11 nitrogen and oxygen atoms in total. The summed E-state index contributed by atoms with van der Waals surface area (Å²) >= 11 is 0. The highest BCUT2D eigenvalue weighted by Gasteiger charge is 2.46. The number of aryl methyl sites for hydroxylation is 1. The molecular weight excluding hydrogens is 628 g/mol. The molecule has 2 N–H and O–H groups in total. The van der Waals surface area contributed by atoms with Gasteiger partial charge in [-0.3, -0.25) is 25.0 Å². The van der Waals surface area contributed by atoms with Gasteiger partial charge in [0.25, 0.3) is 5.91 Å². The maximum absolute atomic E-state index is 13.9. The topological polar surface area (TPSA) is 112 Å². The number of aromatic nitrogens is 4. The van der Waals surface area contributed by atoms with Gasteiger partial charge < -0.3 is 24.2 Å². The Labute approximate surface area is 294 Å². The number of aliphatic hydroxyl groups is 1. The van der Waals surface area contributed by atoms with Crippen LogP contribution in [0, 0.1) is 12.3 Å². The molecule has 3 saturated heterocycles. The van der Waals surface area contributed by atoms with E-state index in [4.69, 9.17) is 9.72 Å². The number of likely N-dealkylation sites (tertiary alicyclic amines) is 2. The van der Waals surface area contributed by atoms with Gasteiger partial charge in [0.1, 0.15) is 5.75 Å². The van der Waals surface area contributed by atoms with Crippen molar-refractivity contribution in [2.24, 2.45) is 5.41 Å². The average molecular weight is 679 g/mol. The van der Waals surface area contributed by atoms with Crippen LogP contribution < -0.4 is 15.0 Å². The molecule has 0 radical (unpaired) electrons. The number of methoxy groups -OCH3 is 1. The van der Waals surface area contributed by atoms with Gasteiger partial charge in [-0.25, -0.2) is 4.98 Å². The summed E-state index contributed by atoms with van der Waals surface area (Å²) in [5.41, 5.74) is 6.23. The first kappa shape index (κ1) is 33.1. The zero-order valence-corrected chi connectivity index (χ0v) is 29.6. The van der Waals surface area contributed by atoms with E-state index in [0.29, 0.717) is 34.4 Å². The molecule has 264 valence electrons. The van der Waals surface area contributed by atoms with Crippen molar-refractivity contribution < 1.29 is 14.6 Å². The van der Waals surface area contributed by atoms with Crippen LogP contribution in [0.5, 0.6) is 5.75 Å². The Balaban J connectivity index is 1.02. The first-order chi connectivity index (χ1) is 24.3. The van der Waals surface area contributed by atoms with Crippen molar-refractivity contribution in [1.82, 2.24) is 29.3 Å². The van der Waals surface area contributed by atoms with Gasteiger partial charge in [0.2, 0.25) is 5.95 Å². The number of pyridine rings is 2. The molecule has 1 aliphatic carbocycles. The van der Waals surface area contributed by atoms with Crippen LogP contribution >= 0.6 is 0 Å². The number of hydrogen-bond acceptors (Lipinski definition) is 9. The summed E-state index contributed by atoms with van der Waals surface area (Å²) in [6.07, 6.45) is 11.3. The fourth-order valence-corrected chi connectivity index (χ4v) is 8.89. The van der Waals surface area contributed by atoms with Crippen molar-refractivity contribution in [2.75, 3.05) is 63.6 Å². The van der Waals surface area contributed by atoms with E-state index < -0.39 is 0 Å². The van der Waals surface area contributed by atoms with Crippen LogP contribution in [0.15, 0.2) is 48.8 Å². The fourth-order valence-electron chi connectivity index (χ4n) is 8.89. The minimum absolute atomic E-state index is 0.132. The molecule has 0 unspecified atom stereocenters. The van der Waals surface area contributed by atoms with Crippen LogP contribution in [0.2, 0.25) is 0 Å². The zero-order valence-electron chi connectivity index (χ0n) is 29.6. The van der Waals surface area contributed by atoms with Crippen LogP contribution in [0.25, 0.3) is 22.3 Å². The predicted octanol–water partition coefficient (Wildman–Crippen LogP) is 5.54. The van der Waals surface area contributed by atoms with E-state index in [9.17, 15) is 9.90 Å². The highest BCUT2D eigenvalue weighted by Crippen LogP contribution is 2.43. The van der Waals surface area contributed by atoms with Crippen LogP contribution in [0.1, 0.15) is 73.5 Å². The number of nitrogens with zero attached hydrogens (tertiary/aromatic N) is 7. The Morgan fingerprint density at radius 1 is 0.940 bits per heavy atom. The molecule has 6 heterocycles. The number of rotatable bonds is 7. The molecule has 4 fully saturated rings. The molecule has 1 amide bonds. The summed E-state index contributed by atoms with van der Waals surface area (Å²) in [4.78, 5) is 35.6. The number of fused-ring (bicyclic) bond motifs is 1. The quantitative estimate of drug-likeness (QED) is 0.261. The normalized spacial score (nSPS) is 23.2. The number of anilines is 2. The molecule has 3 aromatic heterocycles. The summed E-state index contributed by atoms with van der Waals surface area (Å²) in [6.45, 7) is 9.00. The van der Waals surface area contributed by atoms with Crippen LogP contribution in [0.4, 0.5) is 11.6 Å². The molecule has 3 aliphatic heterocycles. The van der Waals surface area contributed by atoms with Gasteiger partial charge in [-0.05, 0) is 120 Å². The van der Waals surface area contributed by atoms with E-state index in [2.05, 4.69) is 59.8 Å². The fraction of sp³-hybridized carbons (Fsp3) is 0.538. The second-order valence-corrected chi connectivity index (χ2v) is 15.3. The Morgan fingerprint density at radius 3 is 2.44 bits per heavy atom. The number of piperidine rings is 2. The van der Waals surface area contributed by atoms with Crippen molar-refractivity contribution in [1.29, 1.82) is 0 Å².